The van der Waals surface area contributed by atoms with Crippen molar-refractivity contribution in [3.63, 3.8) is 0 Å². The Bertz CT molecular complexity index is 375. The summed E-state index contributed by atoms with van der Waals surface area (Å²) in [6.07, 6.45) is 26.7. The molecule has 0 amide bonds. The summed E-state index contributed by atoms with van der Waals surface area (Å²) in [5.74, 6) is -0.0900. The van der Waals surface area contributed by atoms with Crippen molar-refractivity contribution in [2.75, 3.05) is 6.61 Å². The Morgan fingerprint density at radius 3 is 1.70 bits per heavy atom. The van der Waals surface area contributed by atoms with E-state index in [1.54, 1.807) is 0 Å². The maximum absolute atomic E-state index is 11.1. The van der Waals surface area contributed by atoms with Crippen molar-refractivity contribution >= 4 is 5.97 Å². The van der Waals surface area contributed by atoms with E-state index >= 15 is 0 Å². The van der Waals surface area contributed by atoms with Gasteiger partial charge < -0.3 is 4.74 Å². The van der Waals surface area contributed by atoms with Gasteiger partial charge in [0.05, 0.1) is 6.61 Å². The summed E-state index contributed by atoms with van der Waals surface area (Å²) in [7, 11) is 0. The first kappa shape index (κ1) is 21.4. The Labute approximate surface area is 143 Å². The number of unbranched alkanes of at least 4 members (excludes halogenated alkanes) is 3. The van der Waals surface area contributed by atoms with E-state index in [1.165, 1.54) is 19.3 Å². The lowest BCUT2D eigenvalue weighted by Gasteiger charge is -1.98. The normalized spacial score (nSPS) is 12.3. The molecule has 0 radical (unpaired) electrons. The summed E-state index contributed by atoms with van der Waals surface area (Å²) in [5, 5.41) is 0. The number of hydrogen-bond donors (Lipinski definition) is 0. The molecule has 0 saturated carbocycles. The van der Waals surface area contributed by atoms with Crippen LogP contribution in [0.4, 0.5) is 0 Å². The van der Waals surface area contributed by atoms with Crippen LogP contribution >= 0.6 is 0 Å². The Hall–Kier alpha value is -1.57. The fourth-order valence-electron chi connectivity index (χ4n) is 1.97. The second-order valence-corrected chi connectivity index (χ2v) is 5.43. The molecule has 0 spiro atoms. The zero-order valence-electron chi connectivity index (χ0n) is 15.0. The third-order valence-electron chi connectivity index (χ3n) is 3.26. The number of esters is 1. The van der Waals surface area contributed by atoms with Crippen LogP contribution in [-0.2, 0) is 9.53 Å². The van der Waals surface area contributed by atoms with Crippen molar-refractivity contribution in [3.05, 3.63) is 48.6 Å². The highest BCUT2D eigenvalue weighted by Crippen LogP contribution is 2.01. The molecular formula is C21H34O2. The van der Waals surface area contributed by atoms with Gasteiger partial charge in [0.15, 0.2) is 0 Å². The van der Waals surface area contributed by atoms with E-state index in [-0.39, 0.29) is 5.97 Å². The van der Waals surface area contributed by atoms with Gasteiger partial charge in [-0.25, -0.2) is 0 Å². The number of allylic oxidation sites excluding steroid dienone is 8. The van der Waals surface area contributed by atoms with Gasteiger partial charge >= 0.3 is 5.97 Å². The van der Waals surface area contributed by atoms with E-state index < -0.39 is 0 Å². The van der Waals surface area contributed by atoms with Gasteiger partial charge in [0.25, 0.3) is 0 Å². The summed E-state index contributed by atoms with van der Waals surface area (Å²) in [6, 6.07) is 0. The molecule has 0 heterocycles. The molecule has 0 aliphatic heterocycles. The second kappa shape index (κ2) is 18.5. The Morgan fingerprint density at radius 1 is 0.739 bits per heavy atom. The largest absolute Gasteiger partial charge is 0.466 e. The van der Waals surface area contributed by atoms with Gasteiger partial charge in [0, 0.05) is 6.42 Å². The molecule has 0 N–H and O–H groups in total. The molecule has 0 unspecified atom stereocenters. The van der Waals surface area contributed by atoms with E-state index in [4.69, 9.17) is 4.74 Å². The van der Waals surface area contributed by atoms with Crippen LogP contribution < -0.4 is 0 Å². The molecule has 0 aliphatic rings. The van der Waals surface area contributed by atoms with Crippen molar-refractivity contribution in [1.82, 2.24) is 0 Å². The van der Waals surface area contributed by atoms with E-state index in [0.717, 1.165) is 32.1 Å². The monoisotopic (exact) mass is 318 g/mol. The smallest absolute Gasteiger partial charge is 0.305 e. The van der Waals surface area contributed by atoms with E-state index in [9.17, 15) is 4.79 Å². The Balaban J connectivity index is 3.44. The van der Waals surface area contributed by atoms with E-state index in [2.05, 4.69) is 55.5 Å². The molecule has 2 nitrogen and oxygen atoms in total. The van der Waals surface area contributed by atoms with Gasteiger partial charge in [-0.15, -0.1) is 0 Å². The van der Waals surface area contributed by atoms with Gasteiger partial charge in [0.2, 0.25) is 0 Å². The first-order chi connectivity index (χ1) is 11.3. The highest BCUT2D eigenvalue weighted by molar-refractivity contribution is 5.69. The number of hydrogen-bond acceptors (Lipinski definition) is 2. The van der Waals surface area contributed by atoms with Crippen LogP contribution in [0.5, 0.6) is 0 Å². The zero-order chi connectivity index (χ0) is 17.0. The van der Waals surface area contributed by atoms with Gasteiger partial charge in [-0.2, -0.15) is 0 Å². The summed E-state index contributed by atoms with van der Waals surface area (Å²) in [5.41, 5.74) is 0. The van der Waals surface area contributed by atoms with Crippen LogP contribution in [0.3, 0.4) is 0 Å². The molecule has 2 heteroatoms. The quantitative estimate of drug-likeness (QED) is 0.213. The van der Waals surface area contributed by atoms with Crippen LogP contribution in [0.25, 0.3) is 0 Å². The minimum Gasteiger partial charge on any atom is -0.466 e. The van der Waals surface area contributed by atoms with E-state index in [1.807, 2.05) is 6.92 Å². The van der Waals surface area contributed by atoms with Crippen LogP contribution in [0.1, 0.15) is 71.6 Å². The molecule has 0 fully saturated rings. The lowest BCUT2D eigenvalue weighted by Crippen LogP contribution is -2.02. The van der Waals surface area contributed by atoms with Crippen molar-refractivity contribution < 1.29 is 9.53 Å². The van der Waals surface area contributed by atoms with Crippen molar-refractivity contribution in [2.24, 2.45) is 0 Å². The topological polar surface area (TPSA) is 26.3 Å². The molecular weight excluding hydrogens is 284 g/mol. The van der Waals surface area contributed by atoms with Gasteiger partial charge in [-0.05, 0) is 45.4 Å². The highest BCUT2D eigenvalue weighted by Gasteiger charge is 1.98. The predicted octanol–water partition coefficient (Wildman–Crippen LogP) is 6.31. The lowest BCUT2D eigenvalue weighted by molar-refractivity contribution is -0.143. The first-order valence-electron chi connectivity index (χ1n) is 9.06. The number of rotatable bonds is 14. The maximum atomic E-state index is 11.1. The van der Waals surface area contributed by atoms with Crippen molar-refractivity contribution in [2.45, 2.75) is 71.6 Å². The standard InChI is InChI=1S/C21H34O2/c1-3-5-6-7-8-9-10-11-12-13-14-15-16-17-18-19-20-21(22)23-4-2/h7-8,10-11,13-14,16-17H,3-6,9,12,15,18-20H2,1-2H3. The predicted molar refractivity (Wildman–Crippen MR) is 100 cm³/mol. The SMILES string of the molecule is CCCCC=CCC=CCC=CCC=CCCCC(=O)OCC. The van der Waals surface area contributed by atoms with Gasteiger partial charge in [-0.1, -0.05) is 68.4 Å². The minimum atomic E-state index is -0.0900. The Morgan fingerprint density at radius 2 is 1.22 bits per heavy atom. The van der Waals surface area contributed by atoms with E-state index in [0.29, 0.717) is 13.0 Å². The molecule has 0 saturated heterocycles. The van der Waals surface area contributed by atoms with Crippen LogP contribution in [0, 0.1) is 0 Å². The number of carbonyl (C=O) groups excluding carboxylic acids is 1. The Kier molecular flexibility index (Phi) is 17.2. The average Bonchev–Trinajstić information content (AvgIpc) is 2.54. The minimum absolute atomic E-state index is 0.0900. The molecule has 0 rings (SSSR count). The third kappa shape index (κ3) is 18.4. The molecule has 23 heavy (non-hydrogen) atoms. The fraction of sp³-hybridized carbons (Fsp3) is 0.571. The summed E-state index contributed by atoms with van der Waals surface area (Å²) in [4.78, 5) is 11.1. The number of carbonyl (C=O) groups is 1. The highest BCUT2D eigenvalue weighted by atomic mass is 16.5. The average molecular weight is 319 g/mol. The van der Waals surface area contributed by atoms with Crippen LogP contribution in [-0.4, -0.2) is 12.6 Å². The summed E-state index contributed by atoms with van der Waals surface area (Å²) < 4.78 is 4.88. The van der Waals surface area contributed by atoms with Crippen LogP contribution in [0.15, 0.2) is 48.6 Å². The molecule has 0 aromatic rings. The van der Waals surface area contributed by atoms with Gasteiger partial charge in [0.1, 0.15) is 0 Å². The molecule has 0 bridgehead atoms. The molecule has 0 atom stereocenters. The summed E-state index contributed by atoms with van der Waals surface area (Å²) >= 11 is 0. The van der Waals surface area contributed by atoms with Crippen LogP contribution in [0.2, 0.25) is 0 Å². The second-order valence-electron chi connectivity index (χ2n) is 5.43. The third-order valence-corrected chi connectivity index (χ3v) is 3.26. The maximum Gasteiger partial charge on any atom is 0.305 e. The van der Waals surface area contributed by atoms with Gasteiger partial charge in [-0.3, -0.25) is 4.79 Å². The lowest BCUT2D eigenvalue weighted by atomic mass is 10.2. The molecule has 0 aliphatic carbocycles. The summed E-state index contributed by atoms with van der Waals surface area (Å²) in [6.45, 7) is 4.53. The van der Waals surface area contributed by atoms with Crippen molar-refractivity contribution in [1.29, 1.82) is 0 Å². The molecule has 0 aromatic carbocycles. The first-order valence-corrected chi connectivity index (χ1v) is 9.06. The van der Waals surface area contributed by atoms with Crippen molar-refractivity contribution in [3.8, 4) is 0 Å². The molecule has 130 valence electrons. The zero-order valence-corrected chi connectivity index (χ0v) is 15.0. The molecule has 0 aromatic heterocycles. The number of ether oxygens (including phenoxy) is 1. The fourth-order valence-corrected chi connectivity index (χ4v) is 1.97.